The Morgan fingerprint density at radius 3 is 2.83 bits per heavy atom. The van der Waals surface area contributed by atoms with E-state index < -0.39 is 5.79 Å². The van der Waals surface area contributed by atoms with E-state index in [0.717, 1.165) is 6.42 Å². The highest BCUT2D eigenvalue weighted by molar-refractivity contribution is 4.98. The summed E-state index contributed by atoms with van der Waals surface area (Å²) in [6, 6.07) is 0.0606. The molecule has 0 aromatic rings. The van der Waals surface area contributed by atoms with E-state index >= 15 is 0 Å². The van der Waals surface area contributed by atoms with Crippen LogP contribution >= 0.6 is 0 Å². The third-order valence-electron chi connectivity index (χ3n) is 3.24. The molecule has 2 aliphatic heterocycles. The molecular formula is C12H23N3O3. The Bertz CT molecular complexity index is 329. The van der Waals surface area contributed by atoms with Gasteiger partial charge < -0.3 is 25.0 Å². The molecule has 3 atom stereocenters. The number of hydrogen-bond donors (Lipinski definition) is 2. The minimum absolute atomic E-state index is 0.0606. The highest BCUT2D eigenvalue weighted by atomic mass is 16.7. The van der Waals surface area contributed by atoms with Crippen LogP contribution < -0.4 is 11.6 Å². The number of ether oxygens (including phenoxy) is 3. The average molecular weight is 257 g/mol. The number of rotatable bonds is 2. The fraction of sp³-hybridized carbons (Fsp3) is 0.833. The number of fused-ring (bicyclic) bond motifs is 1. The summed E-state index contributed by atoms with van der Waals surface area (Å²) in [6.45, 7) is 6.81. The van der Waals surface area contributed by atoms with Gasteiger partial charge in [-0.1, -0.05) is 0 Å². The smallest absolute Gasteiger partial charge is 0.163 e. The normalized spacial score (nSPS) is 36.0. The topological polar surface area (TPSA) is 83.0 Å². The monoisotopic (exact) mass is 257 g/mol. The van der Waals surface area contributed by atoms with E-state index in [9.17, 15) is 0 Å². The van der Waals surface area contributed by atoms with Crippen LogP contribution in [0.1, 0.15) is 27.2 Å². The van der Waals surface area contributed by atoms with Gasteiger partial charge in [0.2, 0.25) is 0 Å². The first kappa shape index (κ1) is 13.6. The quantitative estimate of drug-likeness (QED) is 0.546. The molecule has 0 aliphatic carbocycles. The number of hydrogen-bond acceptors (Lipinski definition) is 6. The maximum Gasteiger partial charge on any atom is 0.163 e. The number of allylic oxidation sites excluding steroid dienone is 1. The van der Waals surface area contributed by atoms with Crippen LogP contribution in [-0.4, -0.2) is 42.3 Å². The molecule has 0 aromatic heterocycles. The van der Waals surface area contributed by atoms with Gasteiger partial charge in [0.1, 0.15) is 12.2 Å². The van der Waals surface area contributed by atoms with Gasteiger partial charge in [0, 0.05) is 18.5 Å². The second kappa shape index (κ2) is 5.05. The highest BCUT2D eigenvalue weighted by Gasteiger charge is 2.45. The van der Waals surface area contributed by atoms with E-state index in [-0.39, 0.29) is 18.2 Å². The molecule has 0 spiro atoms. The predicted octanol–water partition coefficient (Wildman–Crippen LogP) is 0.291. The molecule has 6 heteroatoms. The van der Waals surface area contributed by atoms with Gasteiger partial charge in [-0.3, -0.25) is 0 Å². The lowest BCUT2D eigenvalue weighted by molar-refractivity contribution is -0.329. The van der Waals surface area contributed by atoms with Gasteiger partial charge in [-0.15, -0.1) is 0 Å². The van der Waals surface area contributed by atoms with Crippen molar-refractivity contribution in [1.82, 2.24) is 5.01 Å². The van der Waals surface area contributed by atoms with Crippen LogP contribution in [0, 0.1) is 0 Å². The summed E-state index contributed by atoms with van der Waals surface area (Å²) in [6.07, 6.45) is 2.40. The van der Waals surface area contributed by atoms with E-state index in [1.807, 2.05) is 20.8 Å². The van der Waals surface area contributed by atoms with E-state index in [2.05, 4.69) is 0 Å². The van der Waals surface area contributed by atoms with Crippen molar-refractivity contribution in [3.05, 3.63) is 11.9 Å². The molecule has 6 nitrogen and oxygen atoms in total. The van der Waals surface area contributed by atoms with E-state index in [4.69, 9.17) is 25.8 Å². The lowest BCUT2D eigenvalue weighted by Crippen LogP contribution is -2.61. The van der Waals surface area contributed by atoms with Crippen molar-refractivity contribution in [1.29, 1.82) is 0 Å². The zero-order valence-corrected chi connectivity index (χ0v) is 11.3. The summed E-state index contributed by atoms with van der Waals surface area (Å²) in [5.74, 6) is 5.45. The Labute approximate surface area is 108 Å². The fourth-order valence-corrected chi connectivity index (χ4v) is 2.44. The van der Waals surface area contributed by atoms with Gasteiger partial charge in [-0.05, 0) is 27.2 Å². The Morgan fingerprint density at radius 1 is 1.44 bits per heavy atom. The predicted molar refractivity (Wildman–Crippen MR) is 67.0 cm³/mol. The van der Waals surface area contributed by atoms with Gasteiger partial charge in [0.15, 0.2) is 5.79 Å². The van der Waals surface area contributed by atoms with Gasteiger partial charge >= 0.3 is 0 Å². The Morgan fingerprint density at radius 2 is 2.17 bits per heavy atom. The minimum atomic E-state index is -0.595. The lowest BCUT2D eigenvalue weighted by atomic mass is 9.97. The van der Waals surface area contributed by atoms with Crippen LogP contribution in [0.15, 0.2) is 11.9 Å². The minimum Gasteiger partial charge on any atom is -0.401 e. The fourth-order valence-electron chi connectivity index (χ4n) is 2.44. The maximum atomic E-state index is 6.05. The molecular weight excluding hydrogens is 234 g/mol. The van der Waals surface area contributed by atoms with Crippen LogP contribution in [0.5, 0.6) is 0 Å². The van der Waals surface area contributed by atoms with Crippen LogP contribution in [-0.2, 0) is 14.2 Å². The highest BCUT2D eigenvalue weighted by Crippen LogP contribution is 2.31. The standard InChI is InChI=1S/C12H23N3O3/c1-8(13)6-15(14)9-4-5-16-10-7-17-12(2,3)18-11(9)10/h6,9-11H,4-5,7,13-14H2,1-3H3/b8-6-. The van der Waals surface area contributed by atoms with Crippen LogP contribution in [0.3, 0.4) is 0 Å². The van der Waals surface area contributed by atoms with Crippen molar-refractivity contribution < 1.29 is 14.2 Å². The summed E-state index contributed by atoms with van der Waals surface area (Å²) in [5, 5.41) is 1.64. The van der Waals surface area contributed by atoms with Crippen molar-refractivity contribution >= 4 is 0 Å². The summed E-state index contributed by atoms with van der Waals surface area (Å²) in [7, 11) is 0. The molecule has 0 aromatic carbocycles. The zero-order valence-electron chi connectivity index (χ0n) is 11.3. The van der Waals surface area contributed by atoms with Crippen molar-refractivity contribution in [3.8, 4) is 0 Å². The lowest BCUT2D eigenvalue weighted by Gasteiger charge is -2.48. The van der Waals surface area contributed by atoms with E-state index in [0.29, 0.717) is 18.9 Å². The summed E-state index contributed by atoms with van der Waals surface area (Å²) in [4.78, 5) is 0. The molecule has 2 fully saturated rings. The maximum absolute atomic E-state index is 6.05. The molecule has 2 heterocycles. The Hall–Kier alpha value is -0.820. The molecule has 3 unspecified atom stereocenters. The molecule has 2 saturated heterocycles. The molecule has 104 valence electrons. The van der Waals surface area contributed by atoms with Gasteiger partial charge in [-0.25, -0.2) is 5.84 Å². The third-order valence-corrected chi connectivity index (χ3v) is 3.24. The average Bonchev–Trinajstić information content (AvgIpc) is 2.26. The molecule has 4 N–H and O–H groups in total. The van der Waals surface area contributed by atoms with E-state index in [1.54, 1.807) is 11.2 Å². The third kappa shape index (κ3) is 2.95. The molecule has 2 rings (SSSR count). The van der Waals surface area contributed by atoms with Crippen molar-refractivity contribution in [2.24, 2.45) is 11.6 Å². The Kier molecular flexibility index (Phi) is 3.82. The zero-order chi connectivity index (χ0) is 13.3. The summed E-state index contributed by atoms with van der Waals surface area (Å²) in [5.41, 5.74) is 6.34. The summed E-state index contributed by atoms with van der Waals surface area (Å²) >= 11 is 0. The van der Waals surface area contributed by atoms with E-state index in [1.165, 1.54) is 0 Å². The van der Waals surface area contributed by atoms with Gasteiger partial charge in [-0.2, -0.15) is 0 Å². The van der Waals surface area contributed by atoms with Crippen LogP contribution in [0.25, 0.3) is 0 Å². The molecule has 0 radical (unpaired) electrons. The van der Waals surface area contributed by atoms with Crippen molar-refractivity contribution in [2.45, 2.75) is 51.2 Å². The molecule has 2 aliphatic rings. The van der Waals surface area contributed by atoms with Crippen LogP contribution in [0.2, 0.25) is 0 Å². The molecule has 0 amide bonds. The SMILES string of the molecule is C/C(N)=C/N(N)C1CCOC2COC(C)(C)OC21. The van der Waals surface area contributed by atoms with Gasteiger partial charge in [0.05, 0.1) is 12.6 Å². The molecule has 18 heavy (non-hydrogen) atoms. The van der Waals surface area contributed by atoms with Crippen molar-refractivity contribution in [2.75, 3.05) is 13.2 Å². The molecule has 0 bridgehead atoms. The molecule has 0 saturated carbocycles. The van der Waals surface area contributed by atoms with Crippen molar-refractivity contribution in [3.63, 3.8) is 0 Å². The summed E-state index contributed by atoms with van der Waals surface area (Å²) < 4.78 is 17.2. The van der Waals surface area contributed by atoms with Gasteiger partial charge in [0.25, 0.3) is 0 Å². The second-order valence-electron chi connectivity index (χ2n) is 5.38. The number of nitrogens with zero attached hydrogens (tertiary/aromatic N) is 1. The first-order valence-corrected chi connectivity index (χ1v) is 6.29. The van der Waals surface area contributed by atoms with Crippen LogP contribution in [0.4, 0.5) is 0 Å². The first-order valence-electron chi connectivity index (χ1n) is 6.29. The number of hydrazine groups is 1. The second-order valence-corrected chi connectivity index (χ2v) is 5.38. The largest absolute Gasteiger partial charge is 0.401 e. The first-order chi connectivity index (χ1) is 8.39. The number of nitrogens with two attached hydrogens (primary N) is 2. The Balaban J connectivity index is 2.12.